The third-order valence-corrected chi connectivity index (χ3v) is 7.77. The second-order valence-electron chi connectivity index (χ2n) is 9.24. The molecule has 0 unspecified atom stereocenters. The van der Waals surface area contributed by atoms with Crippen molar-refractivity contribution in [1.82, 2.24) is 0 Å². The van der Waals surface area contributed by atoms with Crippen molar-refractivity contribution < 1.29 is 20.1 Å². The van der Waals surface area contributed by atoms with E-state index in [2.05, 4.69) is 6.92 Å². The predicted octanol–water partition coefficient (Wildman–Crippen LogP) is 2.46. The van der Waals surface area contributed by atoms with Crippen LogP contribution in [0.5, 0.6) is 0 Å². The summed E-state index contributed by atoms with van der Waals surface area (Å²) in [6.45, 7) is 8.05. The van der Waals surface area contributed by atoms with Crippen LogP contribution in [0.15, 0.2) is 11.6 Å². The highest BCUT2D eigenvalue weighted by Crippen LogP contribution is 2.62. The molecular weight excluding hydrogens is 304 g/mol. The van der Waals surface area contributed by atoms with Gasteiger partial charge in [-0.15, -0.1) is 0 Å². The Hall–Kier alpha value is -0.710. The summed E-state index contributed by atoms with van der Waals surface area (Å²) < 4.78 is 0. The van der Waals surface area contributed by atoms with Crippen molar-refractivity contribution >= 4 is 5.78 Å². The van der Waals surface area contributed by atoms with Gasteiger partial charge in [0, 0.05) is 11.8 Å². The van der Waals surface area contributed by atoms with Crippen molar-refractivity contribution in [3.05, 3.63) is 11.6 Å². The Kier molecular flexibility index (Phi) is 4.26. The van der Waals surface area contributed by atoms with Crippen LogP contribution in [0.25, 0.3) is 0 Å². The number of hydrogen-bond acceptors (Lipinski definition) is 4. The maximum Gasteiger partial charge on any atom is 0.159 e. The van der Waals surface area contributed by atoms with E-state index in [1.165, 1.54) is 0 Å². The fourth-order valence-corrected chi connectivity index (χ4v) is 5.73. The van der Waals surface area contributed by atoms with Gasteiger partial charge in [0.15, 0.2) is 5.78 Å². The molecule has 3 aliphatic rings. The van der Waals surface area contributed by atoms with E-state index in [4.69, 9.17) is 0 Å². The second kappa shape index (κ2) is 5.65. The number of rotatable bonds is 2. The highest BCUT2D eigenvalue weighted by Gasteiger charge is 2.60. The van der Waals surface area contributed by atoms with Crippen LogP contribution in [0.3, 0.4) is 0 Å². The Morgan fingerprint density at radius 1 is 1.25 bits per heavy atom. The molecule has 0 aliphatic heterocycles. The van der Waals surface area contributed by atoms with Gasteiger partial charge in [-0.2, -0.15) is 0 Å². The first-order valence-corrected chi connectivity index (χ1v) is 9.36. The Morgan fingerprint density at radius 2 is 1.92 bits per heavy atom. The van der Waals surface area contributed by atoms with Crippen LogP contribution in [0, 0.1) is 28.6 Å². The number of ketones is 1. The molecule has 4 heteroatoms. The minimum atomic E-state index is -0.890. The lowest BCUT2D eigenvalue weighted by molar-refractivity contribution is -0.163. The van der Waals surface area contributed by atoms with E-state index in [-0.39, 0.29) is 35.6 Å². The molecular formula is C20H32O4. The van der Waals surface area contributed by atoms with E-state index in [1.54, 1.807) is 0 Å². The van der Waals surface area contributed by atoms with Crippen LogP contribution in [-0.4, -0.2) is 39.4 Å². The second-order valence-corrected chi connectivity index (χ2v) is 9.24. The summed E-state index contributed by atoms with van der Waals surface area (Å²) in [5, 5.41) is 31.3. The molecule has 24 heavy (non-hydrogen) atoms. The number of fused-ring (bicyclic) bond motifs is 3. The van der Waals surface area contributed by atoms with Gasteiger partial charge in [0.25, 0.3) is 0 Å². The van der Waals surface area contributed by atoms with Crippen LogP contribution in [0.1, 0.15) is 59.8 Å². The molecule has 2 saturated carbocycles. The van der Waals surface area contributed by atoms with E-state index in [0.29, 0.717) is 19.3 Å². The van der Waals surface area contributed by atoms with Crippen LogP contribution in [0.4, 0.5) is 0 Å². The molecule has 4 nitrogen and oxygen atoms in total. The maximum atomic E-state index is 12.9. The Morgan fingerprint density at radius 3 is 2.50 bits per heavy atom. The molecule has 3 N–H and O–H groups in total. The molecule has 0 saturated heterocycles. The minimum Gasteiger partial charge on any atom is -0.396 e. The predicted molar refractivity (Wildman–Crippen MR) is 92.2 cm³/mol. The van der Waals surface area contributed by atoms with Gasteiger partial charge in [-0.1, -0.05) is 27.7 Å². The minimum absolute atomic E-state index is 0.0151. The van der Waals surface area contributed by atoms with Crippen molar-refractivity contribution in [2.24, 2.45) is 28.6 Å². The Labute approximate surface area is 145 Å². The summed E-state index contributed by atoms with van der Waals surface area (Å²) in [6.07, 6.45) is 4.65. The molecule has 0 aromatic carbocycles. The molecule has 0 amide bonds. The topological polar surface area (TPSA) is 77.8 Å². The molecule has 136 valence electrons. The average Bonchev–Trinajstić information content (AvgIpc) is 2.54. The van der Waals surface area contributed by atoms with Crippen molar-refractivity contribution in [1.29, 1.82) is 0 Å². The monoisotopic (exact) mass is 336 g/mol. The van der Waals surface area contributed by atoms with Gasteiger partial charge in [-0.05, 0) is 60.5 Å². The number of aliphatic hydroxyl groups is 3. The van der Waals surface area contributed by atoms with Crippen molar-refractivity contribution in [2.75, 3.05) is 6.61 Å². The summed E-state index contributed by atoms with van der Waals surface area (Å²) in [7, 11) is 0. The molecule has 3 aliphatic carbocycles. The summed E-state index contributed by atoms with van der Waals surface area (Å²) >= 11 is 0. The third kappa shape index (κ3) is 2.33. The van der Waals surface area contributed by atoms with Crippen LogP contribution >= 0.6 is 0 Å². The molecule has 0 radical (unpaired) electrons. The normalized spacial score (nSPS) is 48.8. The number of aliphatic hydroxyl groups excluding tert-OH is 2. The van der Waals surface area contributed by atoms with E-state index < -0.39 is 17.1 Å². The quantitative estimate of drug-likeness (QED) is 0.724. The number of allylic oxidation sites excluding steroid dienone is 1. The van der Waals surface area contributed by atoms with Gasteiger partial charge in [-0.25, -0.2) is 0 Å². The summed E-state index contributed by atoms with van der Waals surface area (Å²) in [6, 6.07) is 0. The smallest absolute Gasteiger partial charge is 0.159 e. The fourth-order valence-electron chi connectivity index (χ4n) is 5.73. The van der Waals surface area contributed by atoms with Gasteiger partial charge < -0.3 is 15.3 Å². The lowest BCUT2D eigenvalue weighted by Crippen LogP contribution is -2.60. The van der Waals surface area contributed by atoms with E-state index in [9.17, 15) is 20.1 Å². The largest absolute Gasteiger partial charge is 0.396 e. The molecule has 0 aromatic heterocycles. The SMILES string of the molecule is CC(C)[C@@]1(O)C=C2C(=O)C[C@@H]3[C@@](C)(CO)[C@H](O)CC[C@@]3(C)[C@@H]2CC1. The molecule has 3 rings (SSSR count). The molecule has 2 fully saturated rings. The first kappa shape index (κ1) is 18.1. The van der Waals surface area contributed by atoms with Gasteiger partial charge in [0.1, 0.15) is 0 Å². The number of carbonyl (C=O) groups excluding carboxylic acids is 1. The standard InChI is InChI=1S/C20H32O4/c1-12(2)20(24)8-5-14-13(10-20)15(22)9-16-18(14,3)7-6-17(23)19(16,4)11-21/h10,12,14,16-17,21,23-24H,5-9,11H2,1-4H3/t14-,16+,17-,18+,19-,20+/m1/s1. The third-order valence-electron chi connectivity index (χ3n) is 7.77. The van der Waals surface area contributed by atoms with E-state index in [1.807, 2.05) is 26.8 Å². The van der Waals surface area contributed by atoms with Crippen molar-refractivity contribution in [3.8, 4) is 0 Å². The molecule has 6 atom stereocenters. The van der Waals surface area contributed by atoms with Crippen LogP contribution in [-0.2, 0) is 4.79 Å². The number of hydrogen-bond donors (Lipinski definition) is 3. The van der Waals surface area contributed by atoms with Gasteiger partial charge in [0.2, 0.25) is 0 Å². The molecule has 0 spiro atoms. The Balaban J connectivity index is 2.04. The zero-order chi connectivity index (χ0) is 17.9. The summed E-state index contributed by atoms with van der Waals surface area (Å²) in [4.78, 5) is 12.9. The van der Waals surface area contributed by atoms with Gasteiger partial charge >= 0.3 is 0 Å². The first-order valence-electron chi connectivity index (χ1n) is 9.36. The van der Waals surface area contributed by atoms with Gasteiger partial charge in [0.05, 0.1) is 18.3 Å². The lowest BCUT2D eigenvalue weighted by atomic mass is 9.44. The Bertz CT molecular complexity index is 568. The molecule has 0 bridgehead atoms. The van der Waals surface area contributed by atoms with Gasteiger partial charge in [-0.3, -0.25) is 4.79 Å². The molecule has 0 heterocycles. The number of carbonyl (C=O) groups is 1. The number of Topliss-reactive ketones (excluding diaryl/α,β-unsaturated/α-hetero) is 1. The van der Waals surface area contributed by atoms with E-state index >= 15 is 0 Å². The van der Waals surface area contributed by atoms with Crippen LogP contribution in [0.2, 0.25) is 0 Å². The highest BCUT2D eigenvalue weighted by molar-refractivity contribution is 5.97. The summed E-state index contributed by atoms with van der Waals surface area (Å²) in [5.41, 5.74) is -0.818. The lowest BCUT2D eigenvalue weighted by Gasteiger charge is -2.60. The molecule has 0 aromatic rings. The van der Waals surface area contributed by atoms with E-state index in [0.717, 1.165) is 18.4 Å². The fraction of sp³-hybridized carbons (Fsp3) is 0.850. The first-order chi connectivity index (χ1) is 11.1. The summed E-state index contributed by atoms with van der Waals surface area (Å²) in [5.74, 6) is 0.287. The van der Waals surface area contributed by atoms with Crippen molar-refractivity contribution in [3.63, 3.8) is 0 Å². The highest BCUT2D eigenvalue weighted by atomic mass is 16.3. The van der Waals surface area contributed by atoms with Crippen molar-refractivity contribution in [2.45, 2.75) is 71.5 Å². The zero-order valence-electron chi connectivity index (χ0n) is 15.4. The zero-order valence-corrected chi connectivity index (χ0v) is 15.4. The maximum absolute atomic E-state index is 12.9. The van der Waals surface area contributed by atoms with Crippen LogP contribution < -0.4 is 0 Å². The average molecular weight is 336 g/mol.